The second-order valence-electron chi connectivity index (χ2n) is 7.24. The van der Waals surface area contributed by atoms with Crippen molar-refractivity contribution in [2.75, 3.05) is 0 Å². The van der Waals surface area contributed by atoms with Crippen LogP contribution in [0.15, 0.2) is 108 Å². The van der Waals surface area contributed by atoms with E-state index in [0.29, 0.717) is 0 Å². The minimum Gasteiger partial charge on any atom is -0.463 e. The van der Waals surface area contributed by atoms with Gasteiger partial charge in [-0.3, -0.25) is 0 Å². The predicted molar refractivity (Wildman–Crippen MR) is 129 cm³/mol. The summed E-state index contributed by atoms with van der Waals surface area (Å²) in [5.74, 6) is 0.954. The van der Waals surface area contributed by atoms with E-state index in [0.717, 1.165) is 18.6 Å². The van der Waals surface area contributed by atoms with Gasteiger partial charge in [0.2, 0.25) is 0 Å². The maximum Gasteiger partial charge on any atom is 0.140 e. The number of rotatable bonds is 0. The minimum atomic E-state index is 0.954. The average molecular weight is 411 g/mol. The number of thioether (sulfide) groups is 1. The Morgan fingerprint density at radius 3 is 2.07 bits per heavy atom. The van der Waals surface area contributed by atoms with Crippen molar-refractivity contribution in [3.63, 3.8) is 0 Å². The van der Waals surface area contributed by atoms with Gasteiger partial charge in [-0.2, -0.15) is 0 Å². The second kappa shape index (κ2) is 10.7. The van der Waals surface area contributed by atoms with Gasteiger partial charge in [-0.25, -0.2) is 0 Å². The number of allylic oxidation sites excluding steroid dienone is 3. The highest BCUT2D eigenvalue weighted by molar-refractivity contribution is 8.02. The van der Waals surface area contributed by atoms with E-state index in [2.05, 4.69) is 72.8 Å². The van der Waals surface area contributed by atoms with Crippen LogP contribution in [0.3, 0.4) is 0 Å². The van der Waals surface area contributed by atoms with E-state index in [1.165, 1.54) is 40.0 Å². The summed E-state index contributed by atoms with van der Waals surface area (Å²) in [6.07, 6.45) is 15.3. The number of hydrogen-bond acceptors (Lipinski definition) is 2. The van der Waals surface area contributed by atoms with E-state index < -0.39 is 0 Å². The fraction of sp³-hybridized carbons (Fsp3) is 0.143. The van der Waals surface area contributed by atoms with Crippen LogP contribution < -0.4 is 4.74 Å². The molecule has 0 saturated carbocycles. The summed E-state index contributed by atoms with van der Waals surface area (Å²) in [6.45, 7) is 0. The van der Waals surface area contributed by atoms with Crippen molar-refractivity contribution in [1.29, 1.82) is 0 Å². The molecule has 1 aliphatic heterocycles. The first-order valence-electron chi connectivity index (χ1n) is 10.4. The van der Waals surface area contributed by atoms with Gasteiger partial charge in [-0.05, 0) is 60.1 Å². The lowest BCUT2D eigenvalue weighted by molar-refractivity contribution is 0.468. The van der Waals surface area contributed by atoms with Gasteiger partial charge in [0.25, 0.3) is 0 Å². The zero-order valence-electron chi connectivity index (χ0n) is 17.0. The molecule has 150 valence electrons. The first kappa shape index (κ1) is 20.3. The van der Waals surface area contributed by atoms with E-state index in [4.69, 9.17) is 4.74 Å². The average Bonchev–Trinajstić information content (AvgIpc) is 2.85. The van der Waals surface area contributed by atoms with Crippen molar-refractivity contribution in [1.82, 2.24) is 0 Å². The van der Waals surface area contributed by atoms with Gasteiger partial charge in [0.05, 0.1) is 11.2 Å². The van der Waals surface area contributed by atoms with Crippen LogP contribution in [0, 0.1) is 0 Å². The van der Waals surface area contributed by atoms with Crippen LogP contribution in [0.1, 0.15) is 28.7 Å². The van der Waals surface area contributed by atoms with Crippen LogP contribution in [0.5, 0.6) is 5.75 Å². The fourth-order valence-corrected chi connectivity index (χ4v) is 4.24. The summed E-state index contributed by atoms with van der Waals surface area (Å²) in [6, 6.07) is 25.2. The predicted octanol–water partition coefficient (Wildman–Crippen LogP) is 7.63. The number of benzene rings is 3. The van der Waals surface area contributed by atoms with Crippen LogP contribution in [0.25, 0.3) is 6.08 Å². The summed E-state index contributed by atoms with van der Waals surface area (Å²) in [4.78, 5) is 1.19. The molecule has 1 heterocycles. The molecule has 30 heavy (non-hydrogen) atoms. The van der Waals surface area contributed by atoms with E-state index in [9.17, 15) is 0 Å². The zero-order valence-corrected chi connectivity index (χ0v) is 17.9. The van der Waals surface area contributed by atoms with E-state index in [1.54, 1.807) is 18.0 Å². The Balaban J connectivity index is 0.000000109. The van der Waals surface area contributed by atoms with Gasteiger partial charge < -0.3 is 4.74 Å². The number of hydrogen-bond donors (Lipinski definition) is 0. The van der Waals surface area contributed by atoms with Crippen molar-refractivity contribution in [2.24, 2.45) is 0 Å². The van der Waals surface area contributed by atoms with Gasteiger partial charge in [0.15, 0.2) is 0 Å². The van der Waals surface area contributed by atoms with Crippen molar-refractivity contribution >= 4 is 17.8 Å². The Morgan fingerprint density at radius 2 is 1.33 bits per heavy atom. The first-order valence-corrected chi connectivity index (χ1v) is 11.3. The largest absolute Gasteiger partial charge is 0.463 e. The Hall–Kier alpha value is -2.97. The quantitative estimate of drug-likeness (QED) is 0.352. The summed E-state index contributed by atoms with van der Waals surface area (Å²) in [5, 5.41) is 1.93. The van der Waals surface area contributed by atoms with Crippen molar-refractivity contribution in [2.45, 2.75) is 30.6 Å². The van der Waals surface area contributed by atoms with E-state index in [1.807, 2.05) is 29.7 Å². The molecule has 0 atom stereocenters. The molecule has 0 fully saturated rings. The molecule has 0 bridgehead atoms. The van der Waals surface area contributed by atoms with E-state index >= 15 is 0 Å². The van der Waals surface area contributed by atoms with Gasteiger partial charge in [-0.15, -0.1) is 0 Å². The van der Waals surface area contributed by atoms with Crippen LogP contribution in [-0.2, 0) is 19.3 Å². The molecule has 2 heteroatoms. The number of ether oxygens (including phenoxy) is 1. The monoisotopic (exact) mass is 410 g/mol. The third-order valence-electron chi connectivity index (χ3n) is 5.19. The summed E-state index contributed by atoms with van der Waals surface area (Å²) in [5.41, 5.74) is 5.87. The van der Waals surface area contributed by atoms with Gasteiger partial charge >= 0.3 is 0 Å². The normalized spacial score (nSPS) is 14.5. The molecule has 0 unspecified atom stereocenters. The maximum absolute atomic E-state index is 5.22. The van der Waals surface area contributed by atoms with Crippen LogP contribution in [-0.4, -0.2) is 0 Å². The standard InChI is InChI=1S/2C10H10.C8H6OS/c2*1-2-6-10-8-4-3-7-9(10)5-1;1-2-4-8-7(3-1)9-5-6-10-8/h1-3,5-7H,4,8H2;1-6H,7-8H2;1-6H. The SMILES string of the molecule is C1=CCc2ccccc2C1.C1=CSc2ccccc2O1.C1=Cc2ccccc2CC1. The minimum absolute atomic E-state index is 0.954. The molecule has 3 aromatic rings. The molecular formula is C28H26OS. The molecule has 0 aromatic heterocycles. The summed E-state index contributed by atoms with van der Waals surface area (Å²) >= 11 is 1.68. The Morgan fingerprint density at radius 1 is 0.667 bits per heavy atom. The Bertz CT molecular complexity index is 950. The summed E-state index contributed by atoms with van der Waals surface area (Å²) < 4.78 is 5.22. The third-order valence-corrected chi connectivity index (χ3v) is 6.03. The fourth-order valence-electron chi connectivity index (χ4n) is 3.60. The second-order valence-corrected chi connectivity index (χ2v) is 8.19. The summed E-state index contributed by atoms with van der Waals surface area (Å²) in [7, 11) is 0. The van der Waals surface area contributed by atoms with Gasteiger partial charge in [0, 0.05) is 5.41 Å². The Kier molecular flexibility index (Phi) is 7.25. The highest BCUT2D eigenvalue weighted by atomic mass is 32.2. The molecular weight excluding hydrogens is 384 g/mol. The first-order chi connectivity index (χ1) is 14.9. The lowest BCUT2D eigenvalue weighted by Gasteiger charge is -2.08. The third kappa shape index (κ3) is 5.55. The van der Waals surface area contributed by atoms with Crippen LogP contribution in [0.4, 0.5) is 0 Å². The topological polar surface area (TPSA) is 9.23 Å². The molecule has 2 aliphatic carbocycles. The lowest BCUT2D eigenvalue weighted by Crippen LogP contribution is -1.95. The number of aryl methyl sites for hydroxylation is 1. The molecule has 6 rings (SSSR count). The molecule has 0 N–H and O–H groups in total. The lowest BCUT2D eigenvalue weighted by atomic mass is 9.97. The van der Waals surface area contributed by atoms with Gasteiger partial charge in [-0.1, -0.05) is 96.7 Å². The molecule has 3 aromatic carbocycles. The van der Waals surface area contributed by atoms with E-state index in [-0.39, 0.29) is 0 Å². The number of fused-ring (bicyclic) bond motifs is 3. The van der Waals surface area contributed by atoms with Gasteiger partial charge in [0.1, 0.15) is 5.75 Å². The highest BCUT2D eigenvalue weighted by Crippen LogP contribution is 2.32. The van der Waals surface area contributed by atoms with Crippen molar-refractivity contribution in [3.05, 3.63) is 125 Å². The molecule has 3 aliphatic rings. The van der Waals surface area contributed by atoms with Crippen LogP contribution >= 0.6 is 11.8 Å². The maximum atomic E-state index is 5.22. The highest BCUT2D eigenvalue weighted by Gasteiger charge is 2.03. The number of para-hydroxylation sites is 1. The molecule has 0 radical (unpaired) electrons. The van der Waals surface area contributed by atoms with Crippen LogP contribution in [0.2, 0.25) is 0 Å². The molecule has 0 spiro atoms. The molecule has 0 amide bonds. The van der Waals surface area contributed by atoms with Crippen molar-refractivity contribution < 1.29 is 4.74 Å². The zero-order chi connectivity index (χ0) is 20.4. The Labute approximate surface area is 183 Å². The molecule has 0 saturated heterocycles. The molecule has 1 nitrogen and oxygen atoms in total. The smallest absolute Gasteiger partial charge is 0.140 e. The van der Waals surface area contributed by atoms with Crippen molar-refractivity contribution in [3.8, 4) is 5.75 Å².